The number of rotatable bonds is 5. The van der Waals surface area contributed by atoms with E-state index in [1.807, 2.05) is 23.1 Å². The van der Waals surface area contributed by atoms with Crippen LogP contribution < -0.4 is 14.2 Å². The maximum Gasteiger partial charge on any atom is 0.254 e. The standard InChI is InChI=1S/C25H30ClNO4/c1-29-20-15-18(16-21(30-2)23(20)31-3)24(28)27-14-13-25(26)12-8-7-11-19(25)22(27)17-9-5-4-6-10-17/h4-6,9-10,15-16,19,22H,7-8,11-14H2,1-3H3/t19-,22+,25-/m1/s1. The molecule has 31 heavy (non-hydrogen) atoms. The Labute approximate surface area is 189 Å². The van der Waals surface area contributed by atoms with Crippen LogP contribution in [0.4, 0.5) is 0 Å². The maximum absolute atomic E-state index is 13.8. The molecule has 166 valence electrons. The SMILES string of the molecule is COc1cc(C(=O)N2CC[C@]3(Cl)CCCC[C@@H]3[C@@H]2c2ccccc2)cc(OC)c1OC. The van der Waals surface area contributed by atoms with Crippen molar-refractivity contribution in [1.29, 1.82) is 0 Å². The number of hydrogen-bond acceptors (Lipinski definition) is 4. The van der Waals surface area contributed by atoms with Crippen LogP contribution in [0.3, 0.4) is 0 Å². The van der Waals surface area contributed by atoms with Crippen LogP contribution in [-0.4, -0.2) is 43.6 Å². The summed E-state index contributed by atoms with van der Waals surface area (Å²) in [6, 6.07) is 13.7. The molecule has 6 heteroatoms. The summed E-state index contributed by atoms with van der Waals surface area (Å²) >= 11 is 7.18. The van der Waals surface area contributed by atoms with E-state index in [-0.39, 0.29) is 22.7 Å². The van der Waals surface area contributed by atoms with Crippen molar-refractivity contribution in [3.05, 3.63) is 53.6 Å². The number of carbonyl (C=O) groups is 1. The lowest BCUT2D eigenvalue weighted by atomic mass is 9.68. The highest BCUT2D eigenvalue weighted by Crippen LogP contribution is 2.53. The van der Waals surface area contributed by atoms with Gasteiger partial charge < -0.3 is 19.1 Å². The molecule has 0 bridgehead atoms. The van der Waals surface area contributed by atoms with E-state index in [1.54, 1.807) is 33.5 Å². The van der Waals surface area contributed by atoms with Gasteiger partial charge in [0.2, 0.25) is 5.75 Å². The first-order chi connectivity index (χ1) is 15.0. The molecule has 0 aromatic heterocycles. The molecule has 2 aromatic carbocycles. The molecular formula is C25H30ClNO4. The van der Waals surface area contributed by atoms with Gasteiger partial charge in [-0.3, -0.25) is 4.79 Å². The maximum atomic E-state index is 13.8. The van der Waals surface area contributed by atoms with E-state index in [1.165, 1.54) is 0 Å². The molecule has 0 N–H and O–H groups in total. The number of likely N-dealkylation sites (tertiary alicyclic amines) is 1. The van der Waals surface area contributed by atoms with Crippen LogP contribution in [0.1, 0.15) is 54.1 Å². The van der Waals surface area contributed by atoms with Crippen molar-refractivity contribution in [3.63, 3.8) is 0 Å². The van der Waals surface area contributed by atoms with Crippen molar-refractivity contribution in [2.75, 3.05) is 27.9 Å². The van der Waals surface area contributed by atoms with Crippen molar-refractivity contribution in [2.45, 2.75) is 43.0 Å². The summed E-state index contributed by atoms with van der Waals surface area (Å²) in [5, 5.41) is 0. The second kappa shape index (κ2) is 8.99. The Balaban J connectivity index is 1.76. The van der Waals surface area contributed by atoms with Gasteiger partial charge in [0, 0.05) is 18.0 Å². The molecule has 3 atom stereocenters. The summed E-state index contributed by atoms with van der Waals surface area (Å²) in [5.41, 5.74) is 1.66. The molecule has 2 aromatic rings. The molecule has 1 heterocycles. The van der Waals surface area contributed by atoms with E-state index in [0.717, 1.165) is 37.7 Å². The number of nitrogens with zero attached hydrogens (tertiary/aromatic N) is 1. The predicted octanol–water partition coefficient (Wildman–Crippen LogP) is 5.47. The number of carbonyl (C=O) groups excluding carboxylic acids is 1. The zero-order valence-electron chi connectivity index (χ0n) is 18.4. The van der Waals surface area contributed by atoms with E-state index >= 15 is 0 Å². The van der Waals surface area contributed by atoms with E-state index in [4.69, 9.17) is 25.8 Å². The van der Waals surface area contributed by atoms with Gasteiger partial charge in [-0.15, -0.1) is 11.6 Å². The van der Waals surface area contributed by atoms with Crippen molar-refractivity contribution < 1.29 is 19.0 Å². The van der Waals surface area contributed by atoms with E-state index in [2.05, 4.69) is 12.1 Å². The number of halogens is 1. The minimum absolute atomic E-state index is 0.0441. The fourth-order valence-electron chi connectivity index (χ4n) is 5.30. The van der Waals surface area contributed by atoms with E-state index < -0.39 is 0 Å². The molecular weight excluding hydrogens is 414 g/mol. The topological polar surface area (TPSA) is 48.0 Å². The lowest BCUT2D eigenvalue weighted by Gasteiger charge is -2.52. The molecule has 1 aliphatic carbocycles. The van der Waals surface area contributed by atoms with Crippen LogP contribution >= 0.6 is 11.6 Å². The van der Waals surface area contributed by atoms with Gasteiger partial charge in [-0.2, -0.15) is 0 Å². The Hall–Kier alpha value is -2.40. The highest BCUT2D eigenvalue weighted by atomic mass is 35.5. The average molecular weight is 444 g/mol. The summed E-state index contributed by atoms with van der Waals surface area (Å²) in [5.74, 6) is 1.61. The van der Waals surface area contributed by atoms with Crippen LogP contribution in [0, 0.1) is 5.92 Å². The first kappa shape index (κ1) is 21.8. The van der Waals surface area contributed by atoms with Crippen molar-refractivity contribution >= 4 is 17.5 Å². The summed E-state index contributed by atoms with van der Waals surface area (Å²) in [4.78, 5) is 15.6. The largest absolute Gasteiger partial charge is 0.493 e. The van der Waals surface area contributed by atoms with E-state index in [0.29, 0.717) is 29.4 Å². The zero-order chi connectivity index (χ0) is 22.0. The Morgan fingerprint density at radius 2 is 1.68 bits per heavy atom. The molecule has 0 spiro atoms. The zero-order valence-corrected chi connectivity index (χ0v) is 19.2. The first-order valence-corrected chi connectivity index (χ1v) is 11.2. The minimum Gasteiger partial charge on any atom is -0.493 e. The highest BCUT2D eigenvalue weighted by Gasteiger charge is 2.50. The number of fused-ring (bicyclic) bond motifs is 1. The normalized spacial score (nSPS) is 25.5. The molecule has 2 fully saturated rings. The van der Waals surface area contributed by atoms with Crippen LogP contribution in [0.5, 0.6) is 17.2 Å². The molecule has 1 aliphatic heterocycles. The van der Waals surface area contributed by atoms with Crippen LogP contribution in [0.2, 0.25) is 0 Å². The number of methoxy groups -OCH3 is 3. The molecule has 2 aliphatic rings. The molecule has 4 rings (SSSR count). The average Bonchev–Trinajstić information content (AvgIpc) is 2.82. The lowest BCUT2D eigenvalue weighted by Crippen LogP contribution is -2.53. The summed E-state index contributed by atoms with van der Waals surface area (Å²) < 4.78 is 16.4. The van der Waals surface area contributed by atoms with Gasteiger partial charge in [-0.05, 0) is 37.0 Å². The molecule has 1 saturated heterocycles. The number of benzene rings is 2. The quantitative estimate of drug-likeness (QED) is 0.575. The van der Waals surface area contributed by atoms with Crippen molar-refractivity contribution in [2.24, 2.45) is 5.92 Å². The Bertz CT molecular complexity index is 909. The van der Waals surface area contributed by atoms with Gasteiger partial charge in [0.05, 0.1) is 32.2 Å². The lowest BCUT2D eigenvalue weighted by molar-refractivity contribution is 0.0279. The molecule has 0 radical (unpaired) electrons. The number of hydrogen-bond donors (Lipinski definition) is 0. The van der Waals surface area contributed by atoms with Crippen LogP contribution in [-0.2, 0) is 0 Å². The third-order valence-corrected chi connectivity index (χ3v) is 7.48. The fraction of sp³-hybridized carbons (Fsp3) is 0.480. The smallest absolute Gasteiger partial charge is 0.254 e. The first-order valence-electron chi connectivity index (χ1n) is 10.9. The summed E-state index contributed by atoms with van der Waals surface area (Å²) in [6.07, 6.45) is 5.15. The Morgan fingerprint density at radius 1 is 1.00 bits per heavy atom. The number of ether oxygens (including phenoxy) is 3. The highest BCUT2D eigenvalue weighted by molar-refractivity contribution is 6.24. The number of amides is 1. The summed E-state index contributed by atoms with van der Waals surface area (Å²) in [7, 11) is 4.67. The number of piperidine rings is 1. The Kier molecular flexibility index (Phi) is 6.33. The number of alkyl halides is 1. The third-order valence-electron chi connectivity index (χ3n) is 6.82. The van der Waals surface area contributed by atoms with Gasteiger partial charge in [-0.1, -0.05) is 43.2 Å². The van der Waals surface area contributed by atoms with Gasteiger partial charge in [0.1, 0.15) is 0 Å². The monoisotopic (exact) mass is 443 g/mol. The summed E-state index contributed by atoms with van der Waals surface area (Å²) in [6.45, 7) is 0.620. The molecule has 1 amide bonds. The molecule has 1 saturated carbocycles. The molecule has 5 nitrogen and oxygen atoms in total. The van der Waals surface area contributed by atoms with Crippen molar-refractivity contribution in [1.82, 2.24) is 4.90 Å². The minimum atomic E-state index is -0.245. The molecule has 0 unspecified atom stereocenters. The Morgan fingerprint density at radius 3 is 2.29 bits per heavy atom. The fourth-order valence-corrected chi connectivity index (χ4v) is 5.75. The van der Waals surface area contributed by atoms with Gasteiger partial charge in [0.25, 0.3) is 5.91 Å². The predicted molar refractivity (Wildman–Crippen MR) is 121 cm³/mol. The van der Waals surface area contributed by atoms with Crippen LogP contribution in [0.25, 0.3) is 0 Å². The van der Waals surface area contributed by atoms with E-state index in [9.17, 15) is 4.79 Å². The van der Waals surface area contributed by atoms with Gasteiger partial charge >= 0.3 is 0 Å². The van der Waals surface area contributed by atoms with Gasteiger partial charge in [-0.25, -0.2) is 0 Å². The van der Waals surface area contributed by atoms with Gasteiger partial charge in [0.15, 0.2) is 11.5 Å². The third kappa shape index (κ3) is 3.96. The second-order valence-corrected chi connectivity index (χ2v) is 9.16. The second-order valence-electron chi connectivity index (χ2n) is 8.40. The van der Waals surface area contributed by atoms with Crippen molar-refractivity contribution in [3.8, 4) is 17.2 Å². The van der Waals surface area contributed by atoms with Crippen LogP contribution in [0.15, 0.2) is 42.5 Å².